The van der Waals surface area contributed by atoms with Gasteiger partial charge in [-0.05, 0) is 31.0 Å². The van der Waals surface area contributed by atoms with Gasteiger partial charge < -0.3 is 5.73 Å². The topological polar surface area (TPSA) is 72.2 Å². The SMILES string of the molecule is CCC(CC)C(C)NS(=O)(=O)c1ccc(N)c(F)c1. The summed E-state index contributed by atoms with van der Waals surface area (Å²) in [5.41, 5.74) is 5.27. The molecular formula is C13H21FN2O2S. The second-order valence-corrected chi connectivity index (χ2v) is 6.38. The molecule has 0 amide bonds. The summed E-state index contributed by atoms with van der Waals surface area (Å²) in [6.45, 7) is 5.85. The van der Waals surface area contributed by atoms with E-state index in [4.69, 9.17) is 5.73 Å². The van der Waals surface area contributed by atoms with Gasteiger partial charge in [0.2, 0.25) is 10.0 Å². The van der Waals surface area contributed by atoms with Gasteiger partial charge in [0, 0.05) is 6.04 Å². The Labute approximate surface area is 114 Å². The molecule has 0 aliphatic carbocycles. The maximum absolute atomic E-state index is 13.3. The van der Waals surface area contributed by atoms with Crippen LogP contribution in [0.2, 0.25) is 0 Å². The first-order valence-electron chi connectivity index (χ1n) is 6.39. The van der Waals surface area contributed by atoms with Crippen LogP contribution in [0.1, 0.15) is 33.6 Å². The van der Waals surface area contributed by atoms with Gasteiger partial charge in [0.15, 0.2) is 0 Å². The number of benzene rings is 1. The average molecular weight is 288 g/mol. The molecule has 0 saturated carbocycles. The van der Waals surface area contributed by atoms with Crippen LogP contribution in [0.5, 0.6) is 0 Å². The Morgan fingerprint density at radius 1 is 1.32 bits per heavy atom. The lowest BCUT2D eigenvalue weighted by Gasteiger charge is -2.22. The van der Waals surface area contributed by atoms with E-state index in [1.807, 2.05) is 20.8 Å². The summed E-state index contributed by atoms with van der Waals surface area (Å²) >= 11 is 0. The molecule has 0 aliphatic heterocycles. The van der Waals surface area contributed by atoms with E-state index >= 15 is 0 Å². The molecule has 0 fully saturated rings. The van der Waals surface area contributed by atoms with E-state index < -0.39 is 15.8 Å². The van der Waals surface area contributed by atoms with Gasteiger partial charge in [0.1, 0.15) is 5.82 Å². The van der Waals surface area contributed by atoms with Crippen LogP contribution < -0.4 is 10.5 Å². The molecule has 1 rings (SSSR count). The number of nitrogens with one attached hydrogen (secondary N) is 1. The Morgan fingerprint density at radius 2 is 1.89 bits per heavy atom. The normalized spacial score (nSPS) is 13.7. The minimum atomic E-state index is -3.71. The Hall–Kier alpha value is -1.14. The number of hydrogen-bond donors (Lipinski definition) is 2. The van der Waals surface area contributed by atoms with Gasteiger partial charge in [-0.15, -0.1) is 0 Å². The summed E-state index contributed by atoms with van der Waals surface area (Å²) in [6, 6.07) is 3.31. The summed E-state index contributed by atoms with van der Waals surface area (Å²) in [5, 5.41) is 0. The Morgan fingerprint density at radius 3 is 2.37 bits per heavy atom. The lowest BCUT2D eigenvalue weighted by atomic mass is 9.96. The summed E-state index contributed by atoms with van der Waals surface area (Å²) in [6.07, 6.45) is 1.77. The number of nitrogen functional groups attached to an aromatic ring is 1. The van der Waals surface area contributed by atoms with Crippen molar-refractivity contribution in [3.63, 3.8) is 0 Å². The summed E-state index contributed by atoms with van der Waals surface area (Å²) in [7, 11) is -3.71. The quantitative estimate of drug-likeness (QED) is 0.790. The maximum atomic E-state index is 13.3. The van der Waals surface area contributed by atoms with E-state index in [9.17, 15) is 12.8 Å². The standard InChI is InChI=1S/C13H21FN2O2S/c1-4-10(5-2)9(3)16-19(17,18)11-6-7-13(15)12(14)8-11/h6-10,16H,4-5,15H2,1-3H3. The molecule has 0 spiro atoms. The first-order chi connectivity index (χ1) is 8.81. The van der Waals surface area contributed by atoms with Crippen molar-refractivity contribution in [3.05, 3.63) is 24.0 Å². The van der Waals surface area contributed by atoms with Crippen molar-refractivity contribution in [1.29, 1.82) is 0 Å². The van der Waals surface area contributed by atoms with Gasteiger partial charge in [0.05, 0.1) is 10.6 Å². The van der Waals surface area contributed by atoms with Gasteiger partial charge in [-0.25, -0.2) is 17.5 Å². The Balaban J connectivity index is 2.95. The fourth-order valence-corrected chi connectivity index (χ4v) is 3.40. The highest BCUT2D eigenvalue weighted by Gasteiger charge is 2.22. The van der Waals surface area contributed by atoms with Crippen LogP contribution >= 0.6 is 0 Å². The molecule has 1 unspecified atom stereocenters. The van der Waals surface area contributed by atoms with E-state index in [0.717, 1.165) is 18.9 Å². The third-order valence-electron chi connectivity index (χ3n) is 3.38. The molecule has 0 saturated heterocycles. The van der Waals surface area contributed by atoms with Crippen LogP contribution in [0, 0.1) is 11.7 Å². The molecule has 4 nitrogen and oxygen atoms in total. The number of nitrogens with two attached hydrogens (primary N) is 1. The highest BCUT2D eigenvalue weighted by atomic mass is 32.2. The highest BCUT2D eigenvalue weighted by Crippen LogP contribution is 2.19. The molecule has 0 bridgehead atoms. The molecule has 108 valence electrons. The van der Waals surface area contributed by atoms with Crippen molar-refractivity contribution in [3.8, 4) is 0 Å². The molecule has 6 heteroatoms. The molecule has 19 heavy (non-hydrogen) atoms. The molecule has 3 N–H and O–H groups in total. The second-order valence-electron chi connectivity index (χ2n) is 4.67. The van der Waals surface area contributed by atoms with E-state index in [2.05, 4.69) is 4.72 Å². The van der Waals surface area contributed by atoms with E-state index in [1.165, 1.54) is 12.1 Å². The van der Waals surface area contributed by atoms with Crippen LogP contribution in [0.15, 0.2) is 23.1 Å². The first kappa shape index (κ1) is 15.9. The van der Waals surface area contributed by atoms with Crippen LogP contribution in [0.4, 0.5) is 10.1 Å². The number of sulfonamides is 1. The molecule has 0 aliphatic rings. The second kappa shape index (κ2) is 6.34. The van der Waals surface area contributed by atoms with E-state index in [1.54, 1.807) is 0 Å². The van der Waals surface area contributed by atoms with Crippen molar-refractivity contribution in [2.75, 3.05) is 5.73 Å². The third-order valence-corrected chi connectivity index (χ3v) is 4.94. The number of anilines is 1. The maximum Gasteiger partial charge on any atom is 0.240 e. The lowest BCUT2D eigenvalue weighted by Crippen LogP contribution is -2.37. The fourth-order valence-electron chi connectivity index (χ4n) is 2.08. The monoisotopic (exact) mass is 288 g/mol. The van der Waals surface area contributed by atoms with Crippen LogP contribution in [0.25, 0.3) is 0 Å². The predicted octanol–water partition coefficient (Wildman–Crippen LogP) is 2.51. The number of halogens is 1. The van der Waals surface area contributed by atoms with Crippen LogP contribution in [-0.4, -0.2) is 14.5 Å². The van der Waals surface area contributed by atoms with Crippen molar-refractivity contribution < 1.29 is 12.8 Å². The van der Waals surface area contributed by atoms with Crippen molar-refractivity contribution in [2.24, 2.45) is 5.92 Å². The largest absolute Gasteiger partial charge is 0.396 e. The third kappa shape index (κ3) is 3.91. The van der Waals surface area contributed by atoms with Gasteiger partial charge in [-0.1, -0.05) is 26.7 Å². The highest BCUT2D eigenvalue weighted by molar-refractivity contribution is 7.89. The Kier molecular flexibility index (Phi) is 5.31. The Bertz CT molecular complexity index is 527. The lowest BCUT2D eigenvalue weighted by molar-refractivity contribution is 0.390. The van der Waals surface area contributed by atoms with Crippen molar-refractivity contribution in [2.45, 2.75) is 44.6 Å². The van der Waals surface area contributed by atoms with Crippen molar-refractivity contribution in [1.82, 2.24) is 4.72 Å². The molecule has 1 aromatic rings. The zero-order chi connectivity index (χ0) is 14.6. The summed E-state index contributed by atoms with van der Waals surface area (Å²) in [5.74, 6) is -0.466. The van der Waals surface area contributed by atoms with Gasteiger partial charge in [-0.2, -0.15) is 0 Å². The number of hydrogen-bond acceptors (Lipinski definition) is 3. The molecule has 1 aromatic carbocycles. The first-order valence-corrected chi connectivity index (χ1v) is 7.87. The van der Waals surface area contributed by atoms with Crippen LogP contribution in [-0.2, 0) is 10.0 Å². The molecule has 0 radical (unpaired) electrons. The summed E-state index contributed by atoms with van der Waals surface area (Å²) < 4.78 is 40.2. The molecule has 0 aromatic heterocycles. The zero-order valence-corrected chi connectivity index (χ0v) is 12.3. The van der Waals surface area contributed by atoms with E-state index in [-0.39, 0.29) is 22.5 Å². The minimum Gasteiger partial charge on any atom is -0.396 e. The van der Waals surface area contributed by atoms with Gasteiger partial charge >= 0.3 is 0 Å². The van der Waals surface area contributed by atoms with Gasteiger partial charge in [-0.3, -0.25) is 0 Å². The zero-order valence-electron chi connectivity index (χ0n) is 11.5. The average Bonchev–Trinajstić information content (AvgIpc) is 2.33. The smallest absolute Gasteiger partial charge is 0.240 e. The van der Waals surface area contributed by atoms with E-state index in [0.29, 0.717) is 0 Å². The molecular weight excluding hydrogens is 267 g/mol. The molecule has 0 heterocycles. The minimum absolute atomic E-state index is 0.0630. The molecule has 1 atom stereocenters. The summed E-state index contributed by atoms with van der Waals surface area (Å²) in [4.78, 5) is -0.1000. The predicted molar refractivity (Wildman–Crippen MR) is 74.7 cm³/mol. The van der Waals surface area contributed by atoms with Crippen molar-refractivity contribution >= 4 is 15.7 Å². The van der Waals surface area contributed by atoms with Crippen LogP contribution in [0.3, 0.4) is 0 Å². The number of rotatable bonds is 6. The van der Waals surface area contributed by atoms with Gasteiger partial charge in [0.25, 0.3) is 0 Å². The fraction of sp³-hybridized carbons (Fsp3) is 0.538.